The summed E-state index contributed by atoms with van der Waals surface area (Å²) in [5.41, 5.74) is -0.298. The molecule has 0 spiro atoms. The molecule has 0 rings (SSSR count). The fraction of sp³-hybridized carbons (Fsp3) is 0.929. The van der Waals surface area contributed by atoms with E-state index in [1.165, 1.54) is 0 Å². The van der Waals surface area contributed by atoms with Gasteiger partial charge in [-0.25, -0.2) is 0 Å². The molecule has 0 amide bonds. The minimum atomic E-state index is -0.298. The third kappa shape index (κ3) is 11.8. The van der Waals surface area contributed by atoms with Gasteiger partial charge in [0.1, 0.15) is 0 Å². The van der Waals surface area contributed by atoms with E-state index in [4.69, 9.17) is 19.5 Å². The summed E-state index contributed by atoms with van der Waals surface area (Å²) in [7, 11) is 0. The molecule has 0 unspecified atom stereocenters. The van der Waals surface area contributed by atoms with Gasteiger partial charge >= 0.3 is 0 Å². The molecule has 0 atom stereocenters. The van der Waals surface area contributed by atoms with Crippen LogP contribution in [0.5, 0.6) is 0 Å². The molecule has 0 radical (unpaired) electrons. The van der Waals surface area contributed by atoms with E-state index in [-0.39, 0.29) is 5.41 Å². The van der Waals surface area contributed by atoms with Gasteiger partial charge in [-0.05, 0) is 26.7 Å². The molecule has 0 aliphatic rings. The van der Waals surface area contributed by atoms with Crippen LogP contribution in [0.1, 0.15) is 40.0 Å². The van der Waals surface area contributed by atoms with E-state index in [1.807, 2.05) is 13.8 Å². The average molecular weight is 257 g/mol. The van der Waals surface area contributed by atoms with Gasteiger partial charge in [-0.3, -0.25) is 0 Å². The average Bonchev–Trinajstić information content (AvgIpc) is 2.36. The fourth-order valence-corrected chi connectivity index (χ4v) is 1.17. The molecule has 106 valence electrons. The lowest BCUT2D eigenvalue weighted by Crippen LogP contribution is -2.14. The van der Waals surface area contributed by atoms with Crippen LogP contribution in [0, 0.1) is 16.7 Å². The molecule has 4 nitrogen and oxygen atoms in total. The Hall–Kier alpha value is -0.630. The van der Waals surface area contributed by atoms with E-state index < -0.39 is 0 Å². The highest BCUT2D eigenvalue weighted by Gasteiger charge is 2.15. The second kappa shape index (κ2) is 11.5. The maximum Gasteiger partial charge on any atom is 0.0701 e. The molecule has 0 saturated heterocycles. The number of rotatable bonds is 12. The molecule has 0 heterocycles. The summed E-state index contributed by atoms with van der Waals surface area (Å²) in [5.74, 6) is 0. The van der Waals surface area contributed by atoms with Crippen LogP contribution in [-0.4, -0.2) is 39.6 Å². The van der Waals surface area contributed by atoms with E-state index in [0.717, 1.165) is 25.9 Å². The summed E-state index contributed by atoms with van der Waals surface area (Å²) in [4.78, 5) is 0. The monoisotopic (exact) mass is 257 g/mol. The van der Waals surface area contributed by atoms with Gasteiger partial charge in [-0.1, -0.05) is 13.3 Å². The zero-order chi connectivity index (χ0) is 13.7. The maximum atomic E-state index is 8.81. The van der Waals surface area contributed by atoms with Crippen molar-refractivity contribution in [3.05, 3.63) is 0 Å². The van der Waals surface area contributed by atoms with Crippen molar-refractivity contribution in [2.24, 2.45) is 5.41 Å². The summed E-state index contributed by atoms with van der Waals surface area (Å²) in [6.07, 6.45) is 3.02. The largest absolute Gasteiger partial charge is 0.379 e. The van der Waals surface area contributed by atoms with E-state index in [2.05, 4.69) is 13.0 Å². The summed E-state index contributed by atoms with van der Waals surface area (Å²) in [6.45, 7) is 9.85. The van der Waals surface area contributed by atoms with Crippen LogP contribution in [0.3, 0.4) is 0 Å². The molecule has 0 aromatic heterocycles. The van der Waals surface area contributed by atoms with Gasteiger partial charge in [-0.2, -0.15) is 5.26 Å². The van der Waals surface area contributed by atoms with Crippen molar-refractivity contribution in [1.82, 2.24) is 0 Å². The summed E-state index contributed by atoms with van der Waals surface area (Å²) < 4.78 is 16.1. The Balaban J connectivity index is 3.11. The van der Waals surface area contributed by atoms with Gasteiger partial charge in [0.2, 0.25) is 0 Å². The first-order valence-corrected chi connectivity index (χ1v) is 6.77. The van der Waals surface area contributed by atoms with Crippen molar-refractivity contribution in [1.29, 1.82) is 5.26 Å². The van der Waals surface area contributed by atoms with Crippen molar-refractivity contribution in [3.63, 3.8) is 0 Å². The predicted octanol–water partition coefficient (Wildman–Crippen LogP) is 2.78. The standard InChI is InChI=1S/C14H27NO3/c1-4-5-7-16-9-11-18-12-10-17-8-6-14(2,3)13-15/h4-12H2,1-3H3. The van der Waals surface area contributed by atoms with Gasteiger partial charge in [0, 0.05) is 13.2 Å². The Morgan fingerprint density at radius 3 is 1.89 bits per heavy atom. The van der Waals surface area contributed by atoms with Crippen LogP contribution in [0.4, 0.5) is 0 Å². The lowest BCUT2D eigenvalue weighted by atomic mass is 9.92. The normalized spacial score (nSPS) is 11.4. The zero-order valence-corrected chi connectivity index (χ0v) is 12.0. The van der Waals surface area contributed by atoms with Crippen LogP contribution in [-0.2, 0) is 14.2 Å². The fourth-order valence-electron chi connectivity index (χ4n) is 1.17. The summed E-state index contributed by atoms with van der Waals surface area (Å²) >= 11 is 0. The number of unbranched alkanes of at least 4 members (excludes halogenated alkanes) is 1. The SMILES string of the molecule is CCCCOCCOCCOCCC(C)(C)C#N. The topological polar surface area (TPSA) is 51.5 Å². The molecule has 0 saturated carbocycles. The Morgan fingerprint density at radius 2 is 1.39 bits per heavy atom. The molecular formula is C14H27NO3. The van der Waals surface area contributed by atoms with Gasteiger partial charge < -0.3 is 14.2 Å². The van der Waals surface area contributed by atoms with Gasteiger partial charge in [0.15, 0.2) is 0 Å². The highest BCUT2D eigenvalue weighted by Crippen LogP contribution is 2.17. The van der Waals surface area contributed by atoms with Crippen LogP contribution >= 0.6 is 0 Å². The second-order valence-corrected chi connectivity index (χ2v) is 4.94. The third-order valence-electron chi connectivity index (χ3n) is 2.56. The molecular weight excluding hydrogens is 230 g/mol. The Kier molecular flexibility index (Phi) is 11.1. The first-order chi connectivity index (χ1) is 8.62. The molecule has 4 heteroatoms. The van der Waals surface area contributed by atoms with Gasteiger partial charge in [0.05, 0.1) is 37.9 Å². The van der Waals surface area contributed by atoms with Crippen LogP contribution in [0.2, 0.25) is 0 Å². The molecule has 0 aliphatic heterocycles. The number of hydrogen-bond acceptors (Lipinski definition) is 4. The summed E-state index contributed by atoms with van der Waals surface area (Å²) in [5, 5.41) is 8.81. The Labute approximate surface area is 111 Å². The van der Waals surface area contributed by atoms with Gasteiger partial charge in [0.25, 0.3) is 0 Å². The van der Waals surface area contributed by atoms with E-state index in [1.54, 1.807) is 0 Å². The van der Waals surface area contributed by atoms with Crippen molar-refractivity contribution in [2.75, 3.05) is 39.6 Å². The number of nitriles is 1. The maximum absolute atomic E-state index is 8.81. The van der Waals surface area contributed by atoms with Crippen LogP contribution in [0.15, 0.2) is 0 Å². The molecule has 0 aromatic rings. The number of hydrogen-bond donors (Lipinski definition) is 0. The van der Waals surface area contributed by atoms with Crippen molar-refractivity contribution in [2.45, 2.75) is 40.0 Å². The number of ether oxygens (including phenoxy) is 3. The number of nitrogens with zero attached hydrogens (tertiary/aromatic N) is 1. The molecule has 0 aliphatic carbocycles. The summed E-state index contributed by atoms with van der Waals surface area (Å²) in [6, 6.07) is 2.25. The predicted molar refractivity (Wildman–Crippen MR) is 71.4 cm³/mol. The lowest BCUT2D eigenvalue weighted by molar-refractivity contribution is 0.0110. The first-order valence-electron chi connectivity index (χ1n) is 6.77. The quantitative estimate of drug-likeness (QED) is 0.504. The molecule has 0 N–H and O–H groups in total. The van der Waals surface area contributed by atoms with Crippen molar-refractivity contribution in [3.8, 4) is 6.07 Å². The van der Waals surface area contributed by atoms with Gasteiger partial charge in [-0.15, -0.1) is 0 Å². The highest BCUT2D eigenvalue weighted by molar-refractivity contribution is 4.91. The smallest absolute Gasteiger partial charge is 0.0701 e. The van der Waals surface area contributed by atoms with Crippen molar-refractivity contribution < 1.29 is 14.2 Å². The molecule has 0 fully saturated rings. The first kappa shape index (κ1) is 17.4. The minimum absolute atomic E-state index is 0.298. The van der Waals surface area contributed by atoms with Crippen molar-refractivity contribution >= 4 is 0 Å². The molecule has 18 heavy (non-hydrogen) atoms. The van der Waals surface area contributed by atoms with E-state index in [0.29, 0.717) is 33.0 Å². The minimum Gasteiger partial charge on any atom is -0.379 e. The molecule has 0 aromatic carbocycles. The lowest BCUT2D eigenvalue weighted by Gasteiger charge is -2.14. The van der Waals surface area contributed by atoms with E-state index >= 15 is 0 Å². The molecule has 0 bridgehead atoms. The van der Waals surface area contributed by atoms with Crippen LogP contribution in [0.25, 0.3) is 0 Å². The Morgan fingerprint density at radius 1 is 0.889 bits per heavy atom. The Bertz CT molecular complexity index is 224. The van der Waals surface area contributed by atoms with E-state index in [9.17, 15) is 0 Å². The van der Waals surface area contributed by atoms with Crippen LogP contribution < -0.4 is 0 Å². The highest BCUT2D eigenvalue weighted by atomic mass is 16.5. The second-order valence-electron chi connectivity index (χ2n) is 4.94. The zero-order valence-electron chi connectivity index (χ0n) is 12.0. The third-order valence-corrected chi connectivity index (χ3v) is 2.56.